The molecule has 4 rings (SSSR count). The molecule has 0 radical (unpaired) electrons. The van der Waals surface area contributed by atoms with Crippen molar-refractivity contribution in [2.45, 2.75) is 11.7 Å². The van der Waals surface area contributed by atoms with Crippen LogP contribution in [0.1, 0.15) is 0 Å². The summed E-state index contributed by atoms with van der Waals surface area (Å²) in [4.78, 5) is 29.1. The first kappa shape index (κ1) is 20.9. The molecular weight excluding hydrogens is 484 g/mol. The first-order chi connectivity index (χ1) is 14.9. The monoisotopic (exact) mass is 500 g/mol. The van der Waals surface area contributed by atoms with Gasteiger partial charge in [0.15, 0.2) is 11.0 Å². The zero-order valence-electron chi connectivity index (χ0n) is 16.1. The number of carbonyl (C=O) groups excluding carboxylic acids is 1. The smallest absolute Gasteiger partial charge is 0.323 e. The Morgan fingerprint density at radius 3 is 2.84 bits per heavy atom. The molecule has 1 amide bonds. The largest absolute Gasteiger partial charge is 0.507 e. The van der Waals surface area contributed by atoms with Gasteiger partial charge < -0.3 is 20.4 Å². The van der Waals surface area contributed by atoms with E-state index in [9.17, 15) is 14.7 Å². The van der Waals surface area contributed by atoms with Gasteiger partial charge in [-0.15, -0.1) is 16.8 Å². The maximum Gasteiger partial charge on any atom is 0.323 e. The number of nitrogens with one attached hydrogen (secondary N) is 3. The Kier molecular flexibility index (Phi) is 5.96. The number of thioether (sulfide) groups is 1. The number of H-pyrrole nitrogens is 2. The van der Waals surface area contributed by atoms with E-state index in [1.165, 1.54) is 11.8 Å². The minimum absolute atomic E-state index is 0.0772. The maximum absolute atomic E-state index is 12.4. The molecule has 11 heteroatoms. The molecule has 158 valence electrons. The van der Waals surface area contributed by atoms with Crippen LogP contribution >= 0.6 is 27.7 Å². The SMILES string of the molecule is C=CCn1c(SCC(=O)Nc2ccc3[nH]c(=O)[nH]c3c2)nnc1-c1cc(Br)ccc1O. The molecule has 9 nitrogen and oxygen atoms in total. The van der Waals surface area contributed by atoms with Crippen LogP contribution in [0.3, 0.4) is 0 Å². The third-order valence-electron chi connectivity index (χ3n) is 4.36. The maximum atomic E-state index is 12.4. The minimum atomic E-state index is -0.303. The molecule has 0 aliphatic carbocycles. The normalized spacial score (nSPS) is 11.0. The van der Waals surface area contributed by atoms with Gasteiger partial charge in [-0.05, 0) is 36.4 Å². The van der Waals surface area contributed by atoms with Gasteiger partial charge >= 0.3 is 5.69 Å². The Balaban J connectivity index is 1.50. The van der Waals surface area contributed by atoms with Gasteiger partial charge in [0.1, 0.15) is 5.75 Å². The summed E-state index contributed by atoms with van der Waals surface area (Å²) in [5.74, 6) is 0.417. The topological polar surface area (TPSA) is 129 Å². The molecule has 0 saturated heterocycles. The first-order valence-electron chi connectivity index (χ1n) is 9.12. The van der Waals surface area contributed by atoms with Crippen molar-refractivity contribution >= 4 is 50.3 Å². The van der Waals surface area contributed by atoms with Crippen LogP contribution in [-0.2, 0) is 11.3 Å². The molecule has 0 saturated carbocycles. The van der Waals surface area contributed by atoms with E-state index in [-0.39, 0.29) is 23.1 Å². The number of aromatic hydroxyl groups is 1. The summed E-state index contributed by atoms with van der Waals surface area (Å²) in [5.41, 5.74) is 2.07. The number of rotatable bonds is 7. The summed E-state index contributed by atoms with van der Waals surface area (Å²) in [6, 6.07) is 10.2. The number of phenols is 1. The predicted molar refractivity (Wildman–Crippen MR) is 123 cm³/mol. The summed E-state index contributed by atoms with van der Waals surface area (Å²) in [6.07, 6.45) is 1.69. The number of aromatic amines is 2. The molecule has 4 aromatic rings. The van der Waals surface area contributed by atoms with Gasteiger partial charge in [0.25, 0.3) is 0 Å². The number of hydrogen-bond donors (Lipinski definition) is 4. The number of amides is 1. The van der Waals surface area contributed by atoms with E-state index in [0.29, 0.717) is 39.8 Å². The molecule has 0 aliphatic heterocycles. The molecule has 2 aromatic carbocycles. The van der Waals surface area contributed by atoms with Gasteiger partial charge in [-0.2, -0.15) is 0 Å². The fraction of sp³-hybridized carbons (Fsp3) is 0.100. The average molecular weight is 501 g/mol. The molecular formula is C20H17BrN6O3S. The van der Waals surface area contributed by atoms with Crippen LogP contribution in [0.2, 0.25) is 0 Å². The van der Waals surface area contributed by atoms with E-state index in [1.807, 2.05) is 0 Å². The lowest BCUT2D eigenvalue weighted by atomic mass is 10.2. The molecule has 0 atom stereocenters. The number of imidazole rings is 1. The van der Waals surface area contributed by atoms with Crippen molar-refractivity contribution in [3.8, 4) is 17.1 Å². The van der Waals surface area contributed by atoms with Crippen LogP contribution in [0, 0.1) is 0 Å². The quantitative estimate of drug-likeness (QED) is 0.227. The van der Waals surface area contributed by atoms with Gasteiger partial charge in [0.05, 0.1) is 22.3 Å². The van der Waals surface area contributed by atoms with Crippen molar-refractivity contribution in [3.05, 3.63) is 64.0 Å². The van der Waals surface area contributed by atoms with Crippen molar-refractivity contribution in [1.29, 1.82) is 0 Å². The number of phenolic OH excluding ortho intramolecular Hbond substituents is 1. The number of carbonyl (C=O) groups is 1. The fourth-order valence-electron chi connectivity index (χ4n) is 3.01. The highest BCUT2D eigenvalue weighted by Crippen LogP contribution is 2.32. The molecule has 0 unspecified atom stereocenters. The summed E-state index contributed by atoms with van der Waals surface area (Å²) < 4.78 is 2.58. The van der Waals surface area contributed by atoms with Crippen molar-refractivity contribution in [2.75, 3.05) is 11.1 Å². The van der Waals surface area contributed by atoms with Crippen LogP contribution in [-0.4, -0.2) is 41.5 Å². The Labute approximate surface area is 188 Å². The van der Waals surface area contributed by atoms with Gasteiger partial charge in [0.2, 0.25) is 5.91 Å². The fourth-order valence-corrected chi connectivity index (χ4v) is 4.12. The van der Waals surface area contributed by atoms with Gasteiger partial charge in [-0.1, -0.05) is 33.8 Å². The lowest BCUT2D eigenvalue weighted by Crippen LogP contribution is -2.14. The van der Waals surface area contributed by atoms with Crippen LogP contribution in [0.25, 0.3) is 22.4 Å². The Bertz CT molecular complexity index is 1340. The standard InChI is InChI=1S/C20H17BrN6O3S/c1-2-7-27-18(13-8-11(21)3-6-16(13)28)25-26-20(27)31-10-17(29)22-12-4-5-14-15(9-12)24-19(30)23-14/h2-6,8-9,28H,1,7,10H2,(H,22,29)(H2,23,24,30). The zero-order chi connectivity index (χ0) is 22.0. The van der Waals surface area contributed by atoms with E-state index in [2.05, 4.69) is 48.0 Å². The molecule has 0 fully saturated rings. The molecule has 2 aromatic heterocycles. The van der Waals surface area contributed by atoms with Crippen LogP contribution in [0.15, 0.2) is 63.5 Å². The lowest BCUT2D eigenvalue weighted by molar-refractivity contribution is -0.113. The van der Waals surface area contributed by atoms with E-state index in [4.69, 9.17) is 0 Å². The molecule has 2 heterocycles. The van der Waals surface area contributed by atoms with E-state index in [1.54, 1.807) is 47.0 Å². The lowest BCUT2D eigenvalue weighted by Gasteiger charge is -2.09. The second kappa shape index (κ2) is 8.82. The van der Waals surface area contributed by atoms with Gasteiger partial charge in [0, 0.05) is 16.7 Å². The highest BCUT2D eigenvalue weighted by Gasteiger charge is 2.18. The number of allylic oxidation sites excluding steroid dienone is 1. The highest BCUT2D eigenvalue weighted by atomic mass is 79.9. The zero-order valence-corrected chi connectivity index (χ0v) is 18.5. The second-order valence-electron chi connectivity index (χ2n) is 6.54. The molecule has 0 bridgehead atoms. The third kappa shape index (κ3) is 4.57. The third-order valence-corrected chi connectivity index (χ3v) is 5.82. The van der Waals surface area contributed by atoms with Crippen LogP contribution in [0.5, 0.6) is 5.75 Å². The molecule has 31 heavy (non-hydrogen) atoms. The highest BCUT2D eigenvalue weighted by molar-refractivity contribution is 9.10. The van der Waals surface area contributed by atoms with Crippen molar-refractivity contribution in [2.24, 2.45) is 0 Å². The van der Waals surface area contributed by atoms with Crippen LogP contribution < -0.4 is 11.0 Å². The van der Waals surface area contributed by atoms with E-state index in [0.717, 1.165) is 4.47 Å². The number of aromatic nitrogens is 5. The summed E-state index contributed by atoms with van der Waals surface area (Å²) in [5, 5.41) is 21.9. The summed E-state index contributed by atoms with van der Waals surface area (Å²) >= 11 is 4.61. The molecule has 0 spiro atoms. The molecule has 0 aliphatic rings. The first-order valence-corrected chi connectivity index (χ1v) is 10.9. The number of fused-ring (bicyclic) bond motifs is 1. The number of benzene rings is 2. The van der Waals surface area contributed by atoms with Crippen molar-refractivity contribution in [1.82, 2.24) is 24.7 Å². The second-order valence-corrected chi connectivity index (χ2v) is 8.40. The Morgan fingerprint density at radius 2 is 2.03 bits per heavy atom. The number of nitrogens with zero attached hydrogens (tertiary/aromatic N) is 3. The van der Waals surface area contributed by atoms with Crippen molar-refractivity contribution in [3.63, 3.8) is 0 Å². The number of halogens is 1. The molecule has 4 N–H and O–H groups in total. The average Bonchev–Trinajstić information content (AvgIpc) is 3.30. The van der Waals surface area contributed by atoms with Crippen molar-refractivity contribution < 1.29 is 9.90 Å². The Morgan fingerprint density at radius 1 is 1.23 bits per heavy atom. The van der Waals surface area contributed by atoms with Gasteiger partial charge in [-0.25, -0.2) is 4.79 Å². The number of hydrogen-bond acceptors (Lipinski definition) is 6. The van der Waals surface area contributed by atoms with E-state index < -0.39 is 0 Å². The minimum Gasteiger partial charge on any atom is -0.507 e. The van der Waals surface area contributed by atoms with Crippen LogP contribution in [0.4, 0.5) is 5.69 Å². The number of anilines is 1. The summed E-state index contributed by atoms with van der Waals surface area (Å²) in [7, 11) is 0. The van der Waals surface area contributed by atoms with Gasteiger partial charge in [-0.3, -0.25) is 9.36 Å². The predicted octanol–water partition coefficient (Wildman–Crippen LogP) is 3.50. The Hall–Kier alpha value is -3.31. The van der Waals surface area contributed by atoms with E-state index >= 15 is 0 Å². The summed E-state index contributed by atoms with van der Waals surface area (Å²) in [6.45, 7) is 4.18.